The maximum atomic E-state index is 13.8. The van der Waals surface area contributed by atoms with Crippen LogP contribution in [0.15, 0.2) is 83.3 Å². The zero-order valence-corrected chi connectivity index (χ0v) is 20.1. The topological polar surface area (TPSA) is 77.8 Å². The molecule has 2 heterocycles. The van der Waals surface area contributed by atoms with E-state index in [0.29, 0.717) is 43.2 Å². The minimum Gasteiger partial charge on any atom is -0.451 e. The normalized spacial score (nSPS) is 13.5. The number of halogens is 1. The first-order chi connectivity index (χ1) is 17.5. The van der Waals surface area contributed by atoms with E-state index in [0.717, 1.165) is 11.1 Å². The Balaban J connectivity index is 1.14. The number of para-hydroxylation sites is 1. The van der Waals surface area contributed by atoms with Crippen molar-refractivity contribution in [3.8, 4) is 0 Å². The Bertz CT molecular complexity index is 1400. The number of amides is 2. The number of anilines is 2. The first-order valence-electron chi connectivity index (χ1n) is 11.5. The first kappa shape index (κ1) is 23.5. The molecule has 1 aliphatic rings. The summed E-state index contributed by atoms with van der Waals surface area (Å²) in [5.41, 5.74) is 2.34. The van der Waals surface area contributed by atoms with Gasteiger partial charge < -0.3 is 19.5 Å². The van der Waals surface area contributed by atoms with E-state index in [1.807, 2.05) is 48.5 Å². The third kappa shape index (κ3) is 5.06. The summed E-state index contributed by atoms with van der Waals surface area (Å²) >= 11 is 5.19. The average Bonchev–Trinajstić information content (AvgIpc) is 3.33. The Kier molecular flexibility index (Phi) is 6.64. The molecule has 1 fully saturated rings. The van der Waals surface area contributed by atoms with Gasteiger partial charge >= 0.3 is 0 Å². The van der Waals surface area contributed by atoms with E-state index in [1.54, 1.807) is 17.0 Å². The van der Waals surface area contributed by atoms with Crippen LogP contribution >= 0.6 is 12.2 Å². The van der Waals surface area contributed by atoms with Gasteiger partial charge in [-0.3, -0.25) is 14.9 Å². The molecule has 7 nitrogen and oxygen atoms in total. The van der Waals surface area contributed by atoms with E-state index in [2.05, 4.69) is 15.5 Å². The molecule has 0 spiro atoms. The number of rotatable bonds is 4. The van der Waals surface area contributed by atoms with Gasteiger partial charge in [-0.05, 0) is 60.7 Å². The predicted octanol–water partition coefficient (Wildman–Crippen LogP) is 4.66. The number of furan rings is 1. The van der Waals surface area contributed by atoms with Crippen LogP contribution < -0.4 is 15.5 Å². The fourth-order valence-corrected chi connectivity index (χ4v) is 4.36. The van der Waals surface area contributed by atoms with Crippen LogP contribution in [0.2, 0.25) is 0 Å². The van der Waals surface area contributed by atoms with Gasteiger partial charge in [0.25, 0.3) is 11.8 Å². The molecule has 0 atom stereocenters. The summed E-state index contributed by atoms with van der Waals surface area (Å²) in [6.45, 7) is 2.55. The third-order valence-corrected chi connectivity index (χ3v) is 6.24. The molecule has 1 aliphatic heterocycles. The molecule has 0 saturated carbocycles. The molecule has 0 bridgehead atoms. The molecule has 1 saturated heterocycles. The summed E-state index contributed by atoms with van der Waals surface area (Å²) in [6, 6.07) is 22.7. The number of benzene rings is 3. The summed E-state index contributed by atoms with van der Waals surface area (Å²) in [5.74, 6) is -0.965. The van der Waals surface area contributed by atoms with E-state index in [9.17, 15) is 14.0 Å². The third-order valence-electron chi connectivity index (χ3n) is 6.04. The summed E-state index contributed by atoms with van der Waals surface area (Å²) < 4.78 is 19.5. The molecule has 36 heavy (non-hydrogen) atoms. The van der Waals surface area contributed by atoms with Gasteiger partial charge in [0, 0.05) is 42.9 Å². The van der Waals surface area contributed by atoms with Crippen molar-refractivity contribution in [1.82, 2.24) is 10.2 Å². The van der Waals surface area contributed by atoms with Gasteiger partial charge in [0.1, 0.15) is 11.4 Å². The number of hydrogen-bond acceptors (Lipinski definition) is 5. The van der Waals surface area contributed by atoms with Gasteiger partial charge in [-0.2, -0.15) is 0 Å². The second kappa shape index (κ2) is 10.2. The van der Waals surface area contributed by atoms with Crippen molar-refractivity contribution in [3.63, 3.8) is 0 Å². The summed E-state index contributed by atoms with van der Waals surface area (Å²) in [4.78, 5) is 29.1. The molecule has 5 rings (SSSR count). The molecule has 0 radical (unpaired) electrons. The highest BCUT2D eigenvalue weighted by Crippen LogP contribution is 2.23. The predicted molar refractivity (Wildman–Crippen MR) is 141 cm³/mol. The van der Waals surface area contributed by atoms with Gasteiger partial charge in [-0.15, -0.1) is 0 Å². The quantitative estimate of drug-likeness (QED) is 0.395. The molecule has 9 heteroatoms. The van der Waals surface area contributed by atoms with Gasteiger partial charge in [0.05, 0.1) is 5.56 Å². The van der Waals surface area contributed by atoms with E-state index in [1.165, 1.54) is 18.2 Å². The SMILES string of the molecule is O=C(NC(=S)Nc1ccc(N2CCN(C(=O)c3cc4ccccc4o3)CC2)cc1)c1ccccc1F. The zero-order chi connectivity index (χ0) is 25.1. The van der Waals surface area contributed by atoms with Crippen LogP contribution in [0.5, 0.6) is 0 Å². The molecule has 182 valence electrons. The minimum absolute atomic E-state index is 0.0741. The van der Waals surface area contributed by atoms with E-state index in [-0.39, 0.29) is 16.6 Å². The summed E-state index contributed by atoms with van der Waals surface area (Å²) in [7, 11) is 0. The van der Waals surface area contributed by atoms with Crippen molar-refractivity contribution in [2.24, 2.45) is 0 Å². The van der Waals surface area contributed by atoms with Gasteiger partial charge in [0.15, 0.2) is 10.9 Å². The molecule has 3 aromatic carbocycles. The molecule has 2 N–H and O–H groups in total. The number of nitrogens with one attached hydrogen (secondary N) is 2. The van der Waals surface area contributed by atoms with Crippen molar-refractivity contribution < 1.29 is 18.4 Å². The van der Waals surface area contributed by atoms with E-state index >= 15 is 0 Å². The number of carbonyl (C=O) groups is 2. The molecule has 4 aromatic rings. The second-order valence-corrected chi connectivity index (χ2v) is 8.77. The number of fused-ring (bicyclic) bond motifs is 1. The molecular formula is C27H23FN4O3S. The Hall–Kier alpha value is -4.24. The Labute approximate surface area is 212 Å². The number of piperazine rings is 1. The standard InChI is InChI=1S/C27H23FN4O3S/c28-22-7-3-2-6-21(22)25(33)30-27(36)29-19-9-11-20(12-10-19)31-13-15-32(16-14-31)26(34)24-17-18-5-1-4-8-23(18)35-24/h1-12,17H,13-16H2,(H2,29,30,33,36). The number of hydrogen-bond donors (Lipinski definition) is 2. The van der Waals surface area contributed by atoms with Gasteiger partial charge in [-0.25, -0.2) is 4.39 Å². The van der Waals surface area contributed by atoms with Crippen molar-refractivity contribution in [1.29, 1.82) is 0 Å². The highest BCUT2D eigenvalue weighted by Gasteiger charge is 2.24. The average molecular weight is 503 g/mol. The van der Waals surface area contributed by atoms with Crippen LogP contribution in [0.25, 0.3) is 11.0 Å². The van der Waals surface area contributed by atoms with Crippen molar-refractivity contribution in [2.45, 2.75) is 0 Å². The van der Waals surface area contributed by atoms with Crippen molar-refractivity contribution >= 4 is 51.5 Å². The van der Waals surface area contributed by atoms with Crippen LogP contribution in [0, 0.1) is 5.82 Å². The number of nitrogens with zero attached hydrogens (tertiary/aromatic N) is 2. The van der Waals surface area contributed by atoms with Crippen LogP contribution in [0.3, 0.4) is 0 Å². The zero-order valence-electron chi connectivity index (χ0n) is 19.2. The van der Waals surface area contributed by atoms with Crippen molar-refractivity contribution in [3.05, 3.63) is 96.0 Å². The fourth-order valence-electron chi connectivity index (χ4n) is 4.14. The maximum Gasteiger partial charge on any atom is 0.289 e. The van der Waals surface area contributed by atoms with Crippen molar-refractivity contribution in [2.75, 3.05) is 36.4 Å². The second-order valence-electron chi connectivity index (χ2n) is 8.36. The highest BCUT2D eigenvalue weighted by molar-refractivity contribution is 7.80. The van der Waals surface area contributed by atoms with Crippen LogP contribution in [-0.2, 0) is 0 Å². The summed E-state index contributed by atoms with van der Waals surface area (Å²) in [6.07, 6.45) is 0. The van der Waals surface area contributed by atoms with Crippen LogP contribution in [0.1, 0.15) is 20.9 Å². The largest absolute Gasteiger partial charge is 0.451 e. The first-order valence-corrected chi connectivity index (χ1v) is 11.9. The lowest BCUT2D eigenvalue weighted by molar-refractivity contribution is 0.0717. The molecule has 0 aliphatic carbocycles. The number of carbonyl (C=O) groups excluding carboxylic acids is 2. The lowest BCUT2D eigenvalue weighted by atomic mass is 10.2. The molecule has 2 amide bonds. The summed E-state index contributed by atoms with van der Waals surface area (Å²) in [5, 5.41) is 6.42. The lowest BCUT2D eigenvalue weighted by Crippen LogP contribution is -2.48. The molecular weight excluding hydrogens is 479 g/mol. The highest BCUT2D eigenvalue weighted by atomic mass is 32.1. The van der Waals surface area contributed by atoms with E-state index < -0.39 is 11.7 Å². The van der Waals surface area contributed by atoms with E-state index in [4.69, 9.17) is 16.6 Å². The molecule has 0 unspecified atom stereocenters. The van der Waals surface area contributed by atoms with Crippen LogP contribution in [0.4, 0.5) is 15.8 Å². The monoisotopic (exact) mass is 502 g/mol. The lowest BCUT2D eigenvalue weighted by Gasteiger charge is -2.35. The Morgan fingerprint density at radius 2 is 1.58 bits per heavy atom. The fraction of sp³-hybridized carbons (Fsp3) is 0.148. The van der Waals surface area contributed by atoms with Gasteiger partial charge in [0.2, 0.25) is 0 Å². The Morgan fingerprint density at radius 3 is 2.31 bits per heavy atom. The smallest absolute Gasteiger partial charge is 0.289 e. The minimum atomic E-state index is -0.614. The Morgan fingerprint density at radius 1 is 0.889 bits per heavy atom. The maximum absolute atomic E-state index is 13.8. The van der Waals surface area contributed by atoms with Crippen LogP contribution in [-0.4, -0.2) is 48.0 Å². The van der Waals surface area contributed by atoms with Gasteiger partial charge in [-0.1, -0.05) is 30.3 Å². The molecule has 1 aromatic heterocycles. The number of thiocarbonyl (C=S) groups is 1.